The molecule has 2 aromatic carbocycles. The van der Waals surface area contributed by atoms with Crippen molar-refractivity contribution in [2.45, 2.75) is 95.5 Å². The number of phenolic OH excluding ortho intramolecular Hbond substituents is 1. The maximum atomic E-state index is 13.9. The molecule has 19 heteroatoms. The Hall–Kier alpha value is -6.24. The number of hydrogen-bond acceptors (Lipinski definition) is 10. The molecule has 0 saturated heterocycles. The summed E-state index contributed by atoms with van der Waals surface area (Å²) < 4.78 is 0. The van der Waals surface area contributed by atoms with Gasteiger partial charge in [0, 0.05) is 13.0 Å². The zero-order chi connectivity index (χ0) is 41.9. The van der Waals surface area contributed by atoms with Crippen LogP contribution in [-0.2, 0) is 46.4 Å². The van der Waals surface area contributed by atoms with Gasteiger partial charge in [0.25, 0.3) is 0 Å². The van der Waals surface area contributed by atoms with E-state index < -0.39 is 84.1 Å². The van der Waals surface area contributed by atoms with Crippen molar-refractivity contribution in [2.24, 2.45) is 23.1 Å². The summed E-state index contributed by atoms with van der Waals surface area (Å²) in [5.41, 5.74) is 18.1. The lowest BCUT2D eigenvalue weighted by Crippen LogP contribution is -2.59. The van der Waals surface area contributed by atoms with E-state index in [9.17, 15) is 43.8 Å². The fourth-order valence-corrected chi connectivity index (χ4v) is 5.44. The Morgan fingerprint density at radius 2 is 1.21 bits per heavy atom. The Labute approximate surface area is 324 Å². The number of benzene rings is 2. The van der Waals surface area contributed by atoms with Gasteiger partial charge >= 0.3 is 5.97 Å². The molecular weight excluding hydrogens is 728 g/mol. The number of carbonyl (C=O) groups is 7. The largest absolute Gasteiger partial charge is 0.508 e. The Morgan fingerprint density at radius 1 is 0.679 bits per heavy atom. The average molecular weight is 783 g/mol. The number of phenols is 1. The molecule has 2 aromatic rings. The van der Waals surface area contributed by atoms with E-state index in [4.69, 9.17) is 22.6 Å². The van der Waals surface area contributed by atoms with Crippen LogP contribution in [0.1, 0.15) is 57.6 Å². The first kappa shape index (κ1) is 45.9. The molecular formula is C37H54N10O9. The quantitative estimate of drug-likeness (QED) is 0.0338. The van der Waals surface area contributed by atoms with E-state index in [1.54, 1.807) is 38.1 Å². The summed E-state index contributed by atoms with van der Waals surface area (Å²) in [6, 6.07) is 7.32. The number of carbonyl (C=O) groups excluding carboxylic acids is 6. The topological polar surface area (TPSA) is 334 Å². The number of guanidine groups is 1. The highest BCUT2D eigenvalue weighted by Crippen LogP contribution is 2.13. The molecule has 56 heavy (non-hydrogen) atoms. The highest BCUT2D eigenvalue weighted by atomic mass is 16.4. The van der Waals surface area contributed by atoms with Gasteiger partial charge in [-0.05, 0) is 61.8 Å². The third kappa shape index (κ3) is 16.8. The first-order valence-corrected chi connectivity index (χ1v) is 18.0. The van der Waals surface area contributed by atoms with Crippen molar-refractivity contribution in [1.29, 1.82) is 5.41 Å². The van der Waals surface area contributed by atoms with Gasteiger partial charge in [0.1, 0.15) is 36.0 Å². The zero-order valence-electron chi connectivity index (χ0n) is 31.7. The van der Waals surface area contributed by atoms with E-state index in [0.717, 1.165) is 5.56 Å². The third-order valence-electron chi connectivity index (χ3n) is 8.37. The van der Waals surface area contributed by atoms with Gasteiger partial charge in [-0.1, -0.05) is 56.3 Å². The molecule has 0 unspecified atom stereocenters. The lowest BCUT2D eigenvalue weighted by Gasteiger charge is -2.27. The molecule has 0 radical (unpaired) electrons. The lowest BCUT2D eigenvalue weighted by atomic mass is 10.0. The fraction of sp³-hybridized carbons (Fsp3) is 0.459. The summed E-state index contributed by atoms with van der Waals surface area (Å²) in [7, 11) is 0. The van der Waals surface area contributed by atoms with E-state index in [-0.39, 0.29) is 56.3 Å². The van der Waals surface area contributed by atoms with Crippen LogP contribution in [0.3, 0.4) is 0 Å². The molecule has 19 nitrogen and oxygen atoms in total. The Morgan fingerprint density at radius 3 is 1.79 bits per heavy atom. The van der Waals surface area contributed by atoms with Crippen LogP contribution in [0.2, 0.25) is 0 Å². The Kier molecular flexibility index (Phi) is 18.7. The third-order valence-corrected chi connectivity index (χ3v) is 8.37. The van der Waals surface area contributed by atoms with Gasteiger partial charge in [0.2, 0.25) is 35.4 Å². The molecule has 306 valence electrons. The minimum absolute atomic E-state index is 0.00346. The van der Waals surface area contributed by atoms with Crippen LogP contribution < -0.4 is 49.1 Å². The van der Waals surface area contributed by atoms with Gasteiger partial charge in [-0.2, -0.15) is 0 Å². The fourth-order valence-electron chi connectivity index (χ4n) is 5.44. The monoisotopic (exact) mass is 782 g/mol. The predicted molar refractivity (Wildman–Crippen MR) is 205 cm³/mol. The second-order valence-electron chi connectivity index (χ2n) is 13.8. The highest BCUT2D eigenvalue weighted by Gasteiger charge is 2.32. The number of aliphatic carboxylic acids is 1. The first-order chi connectivity index (χ1) is 26.4. The van der Waals surface area contributed by atoms with Gasteiger partial charge in [0.05, 0.1) is 12.5 Å². The summed E-state index contributed by atoms with van der Waals surface area (Å²) in [4.78, 5) is 90.1. The van der Waals surface area contributed by atoms with E-state index in [2.05, 4.69) is 31.9 Å². The Bertz CT molecular complexity index is 1670. The maximum absolute atomic E-state index is 13.9. The molecule has 2 rings (SSSR count). The minimum Gasteiger partial charge on any atom is -0.508 e. The number of primary amides is 1. The number of carboxylic acid groups (broad SMARTS) is 1. The SMILES string of the molecule is CC(C)C[C@H](NC(=O)[C@H](CCCNC(=N)N)NC(=O)[C@H](Cc1ccc(O)cc1)NC(=O)[C@@H](N)Cc1ccccc1)C(=O)N[C@@H](C)C(=O)N[C@@H](CC(N)=O)C(=O)O. The van der Waals surface area contributed by atoms with Crippen LogP contribution in [0.4, 0.5) is 0 Å². The molecule has 6 amide bonds. The van der Waals surface area contributed by atoms with E-state index in [1.807, 2.05) is 18.2 Å². The molecule has 6 atom stereocenters. The lowest BCUT2D eigenvalue weighted by molar-refractivity contribution is -0.143. The van der Waals surface area contributed by atoms with Crippen molar-refractivity contribution in [3.8, 4) is 5.75 Å². The number of rotatable bonds is 23. The maximum Gasteiger partial charge on any atom is 0.326 e. The van der Waals surface area contributed by atoms with Gasteiger partial charge < -0.3 is 59.3 Å². The number of amides is 6. The van der Waals surface area contributed by atoms with Gasteiger partial charge in [-0.3, -0.25) is 34.2 Å². The summed E-state index contributed by atoms with van der Waals surface area (Å²) in [6.45, 7) is 5.02. The van der Waals surface area contributed by atoms with E-state index in [0.29, 0.717) is 5.56 Å². The van der Waals surface area contributed by atoms with Crippen LogP contribution in [-0.4, -0.2) is 100 Å². The van der Waals surface area contributed by atoms with Gasteiger partial charge in [-0.25, -0.2) is 4.79 Å². The summed E-state index contributed by atoms with van der Waals surface area (Å²) in [5, 5.41) is 41.8. The van der Waals surface area contributed by atoms with E-state index >= 15 is 0 Å². The molecule has 0 aliphatic rings. The molecule has 0 bridgehead atoms. The smallest absolute Gasteiger partial charge is 0.326 e. The second kappa shape index (κ2) is 22.9. The number of nitrogens with two attached hydrogens (primary N) is 3. The molecule has 0 spiro atoms. The van der Waals surface area contributed by atoms with Gasteiger partial charge in [0.15, 0.2) is 5.96 Å². The van der Waals surface area contributed by atoms with Crippen molar-refractivity contribution in [3.05, 3.63) is 65.7 Å². The average Bonchev–Trinajstić information content (AvgIpc) is 3.12. The molecule has 0 aromatic heterocycles. The number of hydrogen-bond donors (Lipinski definition) is 12. The first-order valence-electron chi connectivity index (χ1n) is 18.0. The molecule has 0 heterocycles. The summed E-state index contributed by atoms with van der Waals surface area (Å²) in [6.07, 6.45) is -0.225. The standard InChI is InChI=1S/C37H54N10O9/c1-20(2)16-27(34(53)43-21(3)31(50)47-29(36(55)56)19-30(39)49)46-33(52)26(10-7-15-42-37(40)41)44-35(54)28(18-23-11-13-24(48)14-12-23)45-32(51)25(38)17-22-8-5-4-6-9-22/h4-6,8-9,11-14,20-21,25-29,48H,7,10,15-19,38H2,1-3H3,(H2,39,49)(H,43,53)(H,44,54)(H,45,51)(H,46,52)(H,47,50)(H,55,56)(H4,40,41,42)/t21-,25-,26-,27-,28-,29-/m0/s1. The van der Waals surface area contributed by atoms with Crippen molar-refractivity contribution in [2.75, 3.05) is 6.54 Å². The highest BCUT2D eigenvalue weighted by molar-refractivity contribution is 5.96. The van der Waals surface area contributed by atoms with Crippen molar-refractivity contribution >= 4 is 47.4 Å². The normalized spacial score (nSPS) is 14.1. The molecule has 0 fully saturated rings. The number of carboxylic acids is 1. The van der Waals surface area contributed by atoms with E-state index in [1.165, 1.54) is 19.1 Å². The molecule has 0 saturated carbocycles. The Balaban J connectivity index is 2.31. The van der Waals surface area contributed by atoms with Crippen LogP contribution in [0, 0.1) is 11.3 Å². The van der Waals surface area contributed by atoms with Crippen molar-refractivity contribution in [3.63, 3.8) is 0 Å². The number of aromatic hydroxyl groups is 1. The minimum atomic E-state index is -1.63. The van der Waals surface area contributed by atoms with Crippen LogP contribution in [0.25, 0.3) is 0 Å². The van der Waals surface area contributed by atoms with Crippen LogP contribution in [0.5, 0.6) is 5.75 Å². The number of nitrogens with one attached hydrogen (secondary N) is 7. The molecule has 0 aliphatic heterocycles. The van der Waals surface area contributed by atoms with Crippen LogP contribution in [0.15, 0.2) is 54.6 Å². The summed E-state index contributed by atoms with van der Waals surface area (Å²) in [5.74, 6) is -6.81. The predicted octanol–water partition coefficient (Wildman–Crippen LogP) is -1.78. The van der Waals surface area contributed by atoms with Crippen LogP contribution >= 0.6 is 0 Å². The van der Waals surface area contributed by atoms with Crippen molar-refractivity contribution < 1.29 is 43.8 Å². The molecule has 15 N–H and O–H groups in total. The zero-order valence-corrected chi connectivity index (χ0v) is 31.7. The summed E-state index contributed by atoms with van der Waals surface area (Å²) >= 11 is 0. The molecule has 0 aliphatic carbocycles. The van der Waals surface area contributed by atoms with Crippen molar-refractivity contribution in [1.82, 2.24) is 31.9 Å². The second-order valence-corrected chi connectivity index (χ2v) is 13.8. The van der Waals surface area contributed by atoms with Gasteiger partial charge in [-0.15, -0.1) is 0 Å².